The van der Waals surface area contributed by atoms with E-state index in [0.29, 0.717) is 23.0 Å². The van der Waals surface area contributed by atoms with E-state index in [1.165, 1.54) is 111 Å². The van der Waals surface area contributed by atoms with E-state index < -0.39 is 10.8 Å². The molecule has 0 radical (unpaired) electrons. The van der Waals surface area contributed by atoms with Crippen LogP contribution >= 0.6 is 23.1 Å². The number of aromatic amines is 1. The van der Waals surface area contributed by atoms with Crippen molar-refractivity contribution in [3.8, 4) is 112 Å². The van der Waals surface area contributed by atoms with Gasteiger partial charge < -0.3 is 20.1 Å². The molecule has 21 aromatic rings. The van der Waals surface area contributed by atoms with Crippen LogP contribution in [0.1, 0.15) is 74.0 Å². The minimum absolute atomic E-state index is 0. The molecule has 9 nitrogen and oxygen atoms in total. The molecule has 0 fully saturated rings. The molecule has 2 spiro atoms. The third-order valence-corrected chi connectivity index (χ3v) is 27.5. The van der Waals surface area contributed by atoms with Gasteiger partial charge in [0.1, 0.15) is 4.70 Å². The summed E-state index contributed by atoms with van der Waals surface area (Å²) in [5, 5.41) is 46.5. The average Bonchev–Trinajstić information content (AvgIpc) is 1.49. The largest absolute Gasteiger partial charge is 2.00 e. The first kappa shape index (κ1) is 77.9. The number of fused-ring (bicyclic) bond motifs is 27. The Morgan fingerprint density at radius 2 is 0.841 bits per heavy atom. The van der Waals surface area contributed by atoms with Crippen molar-refractivity contribution in [1.82, 2.24) is 19.5 Å². The van der Waals surface area contributed by atoms with Crippen molar-refractivity contribution in [2.45, 2.75) is 35.4 Å². The number of thiazole rings is 1. The van der Waals surface area contributed by atoms with Crippen LogP contribution in [0.3, 0.4) is 0 Å². The second kappa shape index (κ2) is 31.5. The van der Waals surface area contributed by atoms with Crippen molar-refractivity contribution in [3.63, 3.8) is 0 Å². The van der Waals surface area contributed by atoms with Crippen LogP contribution in [0.4, 0.5) is 5.69 Å². The zero-order valence-electron chi connectivity index (χ0n) is 67.7. The molecule has 4 aliphatic carbocycles. The Labute approximate surface area is 741 Å². The smallest absolute Gasteiger partial charge is 0.872 e. The van der Waals surface area contributed by atoms with Crippen LogP contribution in [0.25, 0.3) is 154 Å². The molecule has 1 N–H and O–H groups in total. The average molecular weight is 1650 g/mol. The number of H-pyrrole nitrogens is 1. The molecule has 26 rings (SSSR count). The molecule has 2 atom stereocenters. The Kier molecular flexibility index (Phi) is 19.5. The number of rotatable bonds is 6. The summed E-state index contributed by atoms with van der Waals surface area (Å²) in [7, 11) is 0. The predicted molar refractivity (Wildman–Crippen MR) is 514 cm³/mol. The Morgan fingerprint density at radius 1 is 0.373 bits per heavy atom. The van der Waals surface area contributed by atoms with E-state index in [2.05, 4.69) is 277 Å². The number of hydrogen-bond donors (Lipinski definition) is 0. The number of para-hydroxylation sites is 4. The molecular formula is C114H75BeN7O2S2. The zero-order chi connectivity index (χ0) is 82.7. The maximum absolute atomic E-state index is 12.3. The molecular weight excluding hydrogens is 1570 g/mol. The van der Waals surface area contributed by atoms with Crippen LogP contribution in [-0.4, -0.2) is 29.6 Å². The first-order valence-corrected chi connectivity index (χ1v) is 43.3. The van der Waals surface area contributed by atoms with Gasteiger partial charge in [0, 0.05) is 39.2 Å². The van der Waals surface area contributed by atoms with Gasteiger partial charge >= 0.3 is 10.1 Å². The fourth-order valence-corrected chi connectivity index (χ4v) is 21.9. The molecule has 12 heteroatoms. The van der Waals surface area contributed by atoms with Crippen molar-refractivity contribution in [3.05, 3.63) is 467 Å². The molecule has 5 aliphatic rings. The van der Waals surface area contributed by atoms with Crippen LogP contribution in [0.15, 0.2) is 405 Å². The van der Waals surface area contributed by atoms with Gasteiger partial charge in [-0.05, 0) is 194 Å². The van der Waals surface area contributed by atoms with Crippen LogP contribution in [0, 0.1) is 18.3 Å². The first-order chi connectivity index (χ1) is 61.1. The molecule has 3 aromatic heterocycles. The topological polar surface area (TPSA) is 142 Å². The number of aromatic nitrogens is 5. The quantitative estimate of drug-likeness (QED) is 0.151. The van der Waals surface area contributed by atoms with Crippen molar-refractivity contribution in [2.24, 2.45) is 0 Å². The van der Waals surface area contributed by atoms with Gasteiger partial charge in [0.15, 0.2) is 17.5 Å². The third-order valence-electron chi connectivity index (χ3n) is 25.2. The fraction of sp³-hybridized carbons (Fsp3) is 0.0439. The number of nitrogens with one attached hydrogen (secondary N) is 1. The summed E-state index contributed by atoms with van der Waals surface area (Å²) in [5.41, 5.74) is 31.6. The maximum atomic E-state index is 12.3. The van der Waals surface area contributed by atoms with Gasteiger partial charge in [0.05, 0.1) is 39.1 Å². The molecule has 0 saturated heterocycles. The van der Waals surface area contributed by atoms with E-state index in [0.717, 1.165) is 86.4 Å². The minimum Gasteiger partial charge on any atom is -0.872 e. The third kappa shape index (κ3) is 12.5. The van der Waals surface area contributed by atoms with Gasteiger partial charge in [-0.2, -0.15) is 10.2 Å². The molecule has 0 bridgehead atoms. The number of nitrogens with zero attached hydrogens (tertiary/aromatic N) is 6. The summed E-state index contributed by atoms with van der Waals surface area (Å²) < 4.78 is 3.57. The van der Waals surface area contributed by atoms with Gasteiger partial charge in [-0.25, -0.2) is 15.0 Å². The van der Waals surface area contributed by atoms with Gasteiger partial charge in [-0.1, -0.05) is 363 Å². The van der Waals surface area contributed by atoms with Crippen molar-refractivity contribution < 1.29 is 15.2 Å². The summed E-state index contributed by atoms with van der Waals surface area (Å²) in [4.78, 5) is 19.5. The van der Waals surface area contributed by atoms with E-state index in [-0.39, 0.29) is 34.4 Å². The Balaban J connectivity index is 0.000000108. The minimum atomic E-state index is -0.442. The zero-order valence-corrected chi connectivity index (χ0v) is 69.3. The van der Waals surface area contributed by atoms with Gasteiger partial charge in [-0.15, -0.1) is 23.2 Å². The first-order valence-electron chi connectivity index (χ1n) is 41.6. The molecule has 2 unspecified atom stereocenters. The Bertz CT molecular complexity index is 7800. The molecule has 126 heavy (non-hydrogen) atoms. The fourth-order valence-electron chi connectivity index (χ4n) is 19.8. The second-order valence-electron chi connectivity index (χ2n) is 32.1. The molecule has 592 valence electrons. The van der Waals surface area contributed by atoms with E-state index in [1.807, 2.05) is 140 Å². The number of benzene rings is 18. The van der Waals surface area contributed by atoms with E-state index in [4.69, 9.17) is 15.0 Å². The van der Waals surface area contributed by atoms with Crippen LogP contribution in [0.5, 0.6) is 11.5 Å². The molecule has 18 aromatic carbocycles. The Morgan fingerprint density at radius 3 is 1.45 bits per heavy atom. The summed E-state index contributed by atoms with van der Waals surface area (Å²) in [6.07, 6.45) is 0. The van der Waals surface area contributed by atoms with Gasteiger partial charge in [0.2, 0.25) is 5.52 Å². The van der Waals surface area contributed by atoms with Gasteiger partial charge in [-0.3, -0.25) is 0 Å². The Hall–Kier alpha value is -15.4. The van der Waals surface area contributed by atoms with Crippen LogP contribution in [-0.2, 0) is 10.8 Å². The van der Waals surface area contributed by atoms with Crippen LogP contribution in [0.2, 0.25) is 0 Å². The standard InChI is InChI=1S/C40H25N3.C39H24N2.C17H12NOS.C17H11NOS.CH4.Be/c1-3-13-26(14-4-1)37-41-38(27-15-5-2-6-16-27)43-39(42-37)28-23-24-32-31-19-9-12-22-35(31)40(36(32)25-28)33-20-10-7-17-29(33)30-18-8-11-21-34(30)40;1-24-15-17-34-29(19-24)31-22-38-32(28-12-6-8-14-37(28)41(38)26-9-3-2-4-10-26)21-36(31)39(34)33-13-7-5-11-27(33)30-20-25(23-40)16-18-35(30)39;2*19-15-10-12-6-2-1-5-11(12)9-13(15)17-18-14-7-3-4-8-16(14)20-17;;/h1-25H;2-22H,1H3;1-10,17,19H;1-10,19H;1H4;/q;;-1;;;+2/p-1. The van der Waals surface area contributed by atoms with Crippen LogP contribution < -0.4 is 15.2 Å². The number of nitriles is 1. The van der Waals surface area contributed by atoms with E-state index in [1.54, 1.807) is 35.2 Å². The number of aryl methyl sites for hydroxylation is 1. The second-order valence-corrected chi connectivity index (χ2v) is 34.2. The number of thioether (sulfide) groups is 1. The van der Waals surface area contributed by atoms with E-state index in [9.17, 15) is 15.5 Å². The van der Waals surface area contributed by atoms with Crippen molar-refractivity contribution >= 4 is 92.5 Å². The molecule has 4 heterocycles. The van der Waals surface area contributed by atoms with E-state index >= 15 is 0 Å². The summed E-state index contributed by atoms with van der Waals surface area (Å²) in [6.45, 7) is 2.18. The number of hydrogen-bond acceptors (Lipinski definition) is 8. The predicted octanol–water partition coefficient (Wildman–Crippen LogP) is 27.1. The molecule has 0 amide bonds. The van der Waals surface area contributed by atoms with Crippen molar-refractivity contribution in [2.75, 3.05) is 0 Å². The summed E-state index contributed by atoms with van der Waals surface area (Å²) in [5.74, 6) is 2.13. The molecule has 0 saturated carbocycles. The summed E-state index contributed by atoms with van der Waals surface area (Å²) in [6, 6.07) is 142. The maximum Gasteiger partial charge on any atom is 2.00 e. The van der Waals surface area contributed by atoms with Crippen molar-refractivity contribution in [1.29, 1.82) is 5.26 Å². The normalized spacial score (nSPS) is 14.2. The summed E-state index contributed by atoms with van der Waals surface area (Å²) >= 11 is 3.26. The molecule has 1 aliphatic heterocycles. The van der Waals surface area contributed by atoms with Gasteiger partial charge in [0.25, 0.3) is 5.01 Å². The SMILES string of the molecule is C.Cc1ccc2c(c1)-c1cc3c(cc1C21c2ccccc2-c2cc(C#N)ccc21)c1ccccc1n3-c1ccccc1.[Be+2].[O-]c1cc2ccccc2cc1-c1[nH+]c2ccccc2s1.[O-]c1cc2ccccc2cc1C1[N-]c2ccccc2S1.c1ccc(-c2nc(-c3ccccc3)nc(-c3ccc4c(c3)C3(c5ccccc5-c5ccccc53)c3ccccc3-4)n2)cc1. The monoisotopic (exact) mass is 1650 g/mol.